The SMILES string of the molecule is CC(C)(C)OC(=O)NNC1=CCN(C(=O)OCC2c3ccccc3-c3ccccc32)CC1. The van der Waals surface area contributed by atoms with Gasteiger partial charge in [-0.25, -0.2) is 15.0 Å². The van der Waals surface area contributed by atoms with Crippen molar-refractivity contribution < 1.29 is 19.1 Å². The molecule has 0 fully saturated rings. The fourth-order valence-corrected chi connectivity index (χ4v) is 4.07. The summed E-state index contributed by atoms with van der Waals surface area (Å²) < 4.78 is 10.9. The summed E-state index contributed by atoms with van der Waals surface area (Å²) in [6.45, 7) is 6.63. The molecule has 2 amide bonds. The molecule has 2 N–H and O–H groups in total. The Morgan fingerprint density at radius 3 is 2.22 bits per heavy atom. The molecule has 1 aliphatic heterocycles. The molecule has 0 saturated heterocycles. The van der Waals surface area contributed by atoms with Gasteiger partial charge >= 0.3 is 12.2 Å². The van der Waals surface area contributed by atoms with Crippen LogP contribution in [0, 0.1) is 0 Å². The summed E-state index contributed by atoms with van der Waals surface area (Å²) in [5, 5.41) is 0. The van der Waals surface area contributed by atoms with E-state index in [0.717, 1.165) is 5.70 Å². The van der Waals surface area contributed by atoms with Gasteiger partial charge in [0.05, 0.1) is 0 Å². The first kappa shape index (κ1) is 21.7. The van der Waals surface area contributed by atoms with E-state index in [2.05, 4.69) is 35.1 Å². The summed E-state index contributed by atoms with van der Waals surface area (Å²) in [7, 11) is 0. The molecule has 4 rings (SSSR count). The molecule has 32 heavy (non-hydrogen) atoms. The lowest BCUT2D eigenvalue weighted by molar-refractivity contribution is 0.0503. The van der Waals surface area contributed by atoms with Crippen LogP contribution in [0.15, 0.2) is 60.3 Å². The topological polar surface area (TPSA) is 79.9 Å². The molecule has 2 aliphatic rings. The van der Waals surface area contributed by atoms with Crippen molar-refractivity contribution in [3.8, 4) is 11.1 Å². The zero-order chi connectivity index (χ0) is 22.7. The number of hydrogen-bond donors (Lipinski definition) is 2. The third-order valence-corrected chi connectivity index (χ3v) is 5.53. The quantitative estimate of drug-likeness (QED) is 0.689. The Bertz CT molecular complexity index is 996. The van der Waals surface area contributed by atoms with Crippen molar-refractivity contribution in [2.75, 3.05) is 19.7 Å². The molecule has 0 aromatic heterocycles. The number of hydrazine groups is 1. The second kappa shape index (κ2) is 8.94. The highest BCUT2D eigenvalue weighted by Gasteiger charge is 2.30. The lowest BCUT2D eigenvalue weighted by Crippen LogP contribution is -2.43. The van der Waals surface area contributed by atoms with Crippen molar-refractivity contribution in [3.63, 3.8) is 0 Å². The van der Waals surface area contributed by atoms with Crippen molar-refractivity contribution in [2.45, 2.75) is 38.7 Å². The third kappa shape index (κ3) is 4.88. The molecule has 0 atom stereocenters. The Kier molecular flexibility index (Phi) is 6.08. The predicted octanol–water partition coefficient (Wildman–Crippen LogP) is 4.55. The van der Waals surface area contributed by atoms with Gasteiger partial charge < -0.3 is 19.8 Å². The van der Waals surface area contributed by atoms with Crippen molar-refractivity contribution in [2.24, 2.45) is 0 Å². The average Bonchev–Trinajstić information content (AvgIpc) is 3.09. The molecule has 1 aliphatic carbocycles. The summed E-state index contributed by atoms with van der Waals surface area (Å²) in [6, 6.07) is 16.6. The molecule has 7 heteroatoms. The number of amides is 2. The van der Waals surface area contributed by atoms with Gasteiger partial charge in [-0.2, -0.15) is 0 Å². The Morgan fingerprint density at radius 1 is 1.03 bits per heavy atom. The molecule has 0 spiro atoms. The van der Waals surface area contributed by atoms with E-state index in [1.807, 2.05) is 30.3 Å². The van der Waals surface area contributed by atoms with Crippen molar-refractivity contribution in [3.05, 3.63) is 71.4 Å². The highest BCUT2D eigenvalue weighted by Crippen LogP contribution is 2.44. The van der Waals surface area contributed by atoms with Gasteiger partial charge in [0, 0.05) is 31.1 Å². The Balaban J connectivity index is 1.30. The van der Waals surface area contributed by atoms with Crippen LogP contribution < -0.4 is 10.9 Å². The fraction of sp³-hybridized carbons (Fsp3) is 0.360. The zero-order valence-corrected chi connectivity index (χ0v) is 18.7. The molecule has 7 nitrogen and oxygen atoms in total. The van der Waals surface area contributed by atoms with Gasteiger partial charge in [-0.1, -0.05) is 48.5 Å². The van der Waals surface area contributed by atoms with Crippen molar-refractivity contribution in [1.82, 2.24) is 15.8 Å². The summed E-state index contributed by atoms with van der Waals surface area (Å²) in [5.41, 5.74) is 10.5. The summed E-state index contributed by atoms with van der Waals surface area (Å²) in [5.74, 6) is 0.0435. The van der Waals surface area contributed by atoms with Crippen LogP contribution in [-0.2, 0) is 9.47 Å². The summed E-state index contributed by atoms with van der Waals surface area (Å²) in [6.07, 6.45) is 1.57. The smallest absolute Gasteiger partial charge is 0.426 e. The Hall–Kier alpha value is -3.48. The van der Waals surface area contributed by atoms with E-state index in [-0.39, 0.29) is 12.0 Å². The maximum Gasteiger partial charge on any atom is 0.426 e. The fourth-order valence-electron chi connectivity index (χ4n) is 4.07. The van der Waals surface area contributed by atoms with Crippen molar-refractivity contribution >= 4 is 12.2 Å². The van der Waals surface area contributed by atoms with Gasteiger partial charge in [0.15, 0.2) is 0 Å². The second-order valence-corrected chi connectivity index (χ2v) is 8.98. The van der Waals surface area contributed by atoms with Gasteiger partial charge in [0.25, 0.3) is 0 Å². The van der Waals surface area contributed by atoms with E-state index in [9.17, 15) is 9.59 Å². The first-order valence-corrected chi connectivity index (χ1v) is 10.9. The summed E-state index contributed by atoms with van der Waals surface area (Å²) >= 11 is 0. The van der Waals surface area contributed by atoms with Gasteiger partial charge in [-0.15, -0.1) is 0 Å². The number of nitrogens with zero attached hydrogens (tertiary/aromatic N) is 1. The minimum Gasteiger partial charge on any atom is -0.448 e. The highest BCUT2D eigenvalue weighted by atomic mass is 16.6. The van der Waals surface area contributed by atoms with Crippen LogP contribution in [0.5, 0.6) is 0 Å². The number of fused-ring (bicyclic) bond motifs is 3. The number of carbonyl (C=O) groups is 2. The molecule has 0 unspecified atom stereocenters. The molecule has 0 saturated carbocycles. The monoisotopic (exact) mass is 435 g/mol. The number of rotatable bonds is 4. The van der Waals surface area contributed by atoms with E-state index in [1.165, 1.54) is 22.3 Å². The predicted molar refractivity (Wildman–Crippen MR) is 122 cm³/mol. The van der Waals surface area contributed by atoms with Gasteiger partial charge in [0.1, 0.15) is 12.2 Å². The third-order valence-electron chi connectivity index (χ3n) is 5.53. The van der Waals surface area contributed by atoms with Gasteiger partial charge in [0.2, 0.25) is 0 Å². The van der Waals surface area contributed by atoms with Gasteiger partial charge in [-0.05, 0) is 49.1 Å². The Morgan fingerprint density at radius 2 is 1.66 bits per heavy atom. The molecule has 1 heterocycles. The molecular formula is C25H29N3O4. The van der Waals surface area contributed by atoms with Crippen molar-refractivity contribution in [1.29, 1.82) is 0 Å². The first-order chi connectivity index (χ1) is 15.3. The highest BCUT2D eigenvalue weighted by molar-refractivity contribution is 5.79. The number of nitrogens with one attached hydrogen (secondary N) is 2. The lowest BCUT2D eigenvalue weighted by Gasteiger charge is -2.27. The van der Waals surface area contributed by atoms with Gasteiger partial charge in [-0.3, -0.25) is 0 Å². The number of benzene rings is 2. The van der Waals surface area contributed by atoms with Crippen LogP contribution in [0.25, 0.3) is 11.1 Å². The normalized spacial score (nSPS) is 15.3. The average molecular weight is 436 g/mol. The maximum atomic E-state index is 12.7. The van der Waals surface area contributed by atoms with Crippen LogP contribution in [0.3, 0.4) is 0 Å². The van der Waals surface area contributed by atoms with Crippen LogP contribution in [0.2, 0.25) is 0 Å². The lowest BCUT2D eigenvalue weighted by atomic mass is 9.98. The van der Waals surface area contributed by atoms with E-state index in [4.69, 9.17) is 9.47 Å². The van der Waals surface area contributed by atoms with E-state index in [0.29, 0.717) is 26.1 Å². The zero-order valence-electron chi connectivity index (χ0n) is 18.7. The van der Waals surface area contributed by atoms with E-state index in [1.54, 1.807) is 25.7 Å². The largest absolute Gasteiger partial charge is 0.448 e. The van der Waals surface area contributed by atoms with Crippen LogP contribution in [0.4, 0.5) is 9.59 Å². The first-order valence-electron chi connectivity index (χ1n) is 10.9. The second-order valence-electron chi connectivity index (χ2n) is 8.98. The number of ether oxygens (including phenoxy) is 2. The molecule has 0 radical (unpaired) electrons. The molecule has 168 valence electrons. The summed E-state index contributed by atoms with van der Waals surface area (Å²) in [4.78, 5) is 26.1. The van der Waals surface area contributed by atoms with E-state index >= 15 is 0 Å². The molecule has 0 bridgehead atoms. The molecule has 2 aromatic rings. The number of carbonyl (C=O) groups excluding carboxylic acids is 2. The minimum absolute atomic E-state index is 0.0435. The van der Waals surface area contributed by atoms with E-state index < -0.39 is 11.7 Å². The molecule has 2 aromatic carbocycles. The standard InChI is InChI=1S/C25H29N3O4/c1-25(2,3)32-23(29)27-26-17-12-14-28(15-13-17)24(30)31-16-22-20-10-6-4-8-18(20)19-9-5-7-11-21(19)22/h4-12,22,26H,13-16H2,1-3H3,(H,27,29). The van der Waals surface area contributed by atoms with Crippen LogP contribution in [-0.4, -0.2) is 42.4 Å². The molecular weight excluding hydrogens is 406 g/mol. The van der Waals surface area contributed by atoms with Crippen LogP contribution >= 0.6 is 0 Å². The van der Waals surface area contributed by atoms with Crippen LogP contribution in [0.1, 0.15) is 44.2 Å². The maximum absolute atomic E-state index is 12.7. The Labute approximate surface area is 188 Å². The number of hydrogen-bond acceptors (Lipinski definition) is 5. The minimum atomic E-state index is -0.562.